The van der Waals surface area contributed by atoms with Crippen LogP contribution in [0, 0.1) is 6.92 Å². The number of hydrogen-bond acceptors (Lipinski definition) is 6. The van der Waals surface area contributed by atoms with Crippen LogP contribution >= 0.6 is 0 Å². The van der Waals surface area contributed by atoms with E-state index in [9.17, 15) is 4.79 Å². The summed E-state index contributed by atoms with van der Waals surface area (Å²) in [5.41, 5.74) is 3.48. The van der Waals surface area contributed by atoms with Gasteiger partial charge in [0.15, 0.2) is 5.79 Å². The first-order valence-corrected chi connectivity index (χ1v) is 9.85. The number of ether oxygens (including phenoxy) is 2. The number of benzene rings is 1. The lowest BCUT2D eigenvalue weighted by atomic mass is 10.0. The van der Waals surface area contributed by atoms with Gasteiger partial charge in [0.05, 0.1) is 18.8 Å². The number of nitrogens with zero attached hydrogens (tertiary/aromatic N) is 3. The molecule has 0 saturated carbocycles. The van der Waals surface area contributed by atoms with E-state index in [0.29, 0.717) is 24.7 Å². The third-order valence-electron chi connectivity index (χ3n) is 5.50. The van der Waals surface area contributed by atoms with Crippen LogP contribution in [0.2, 0.25) is 0 Å². The number of amides is 1. The molecule has 148 valence electrons. The molecule has 0 bridgehead atoms. The van der Waals surface area contributed by atoms with Gasteiger partial charge in [-0.25, -0.2) is 9.97 Å². The quantitative estimate of drug-likeness (QED) is 0.876. The lowest BCUT2D eigenvalue weighted by Gasteiger charge is -2.37. The number of anilines is 2. The molecule has 1 amide bonds. The Morgan fingerprint density at radius 3 is 2.50 bits per heavy atom. The number of aryl methyl sites for hydroxylation is 2. The fourth-order valence-electron chi connectivity index (χ4n) is 3.82. The van der Waals surface area contributed by atoms with Crippen LogP contribution in [-0.2, 0) is 15.9 Å². The Balaban J connectivity index is 1.41. The number of hydrogen-bond donors (Lipinski definition) is 1. The summed E-state index contributed by atoms with van der Waals surface area (Å²) in [6, 6.07) is 6.03. The van der Waals surface area contributed by atoms with Crippen molar-refractivity contribution < 1.29 is 14.3 Å². The van der Waals surface area contributed by atoms with Gasteiger partial charge in [0.2, 0.25) is 5.95 Å². The molecule has 2 fully saturated rings. The van der Waals surface area contributed by atoms with Crippen molar-refractivity contribution in [3.8, 4) is 0 Å². The van der Waals surface area contributed by atoms with Crippen LogP contribution in [-0.4, -0.2) is 48.0 Å². The van der Waals surface area contributed by atoms with Crippen LogP contribution in [0.25, 0.3) is 0 Å². The van der Waals surface area contributed by atoms with Crippen LogP contribution < -0.4 is 10.2 Å². The van der Waals surface area contributed by atoms with E-state index in [1.165, 1.54) is 0 Å². The number of para-hydroxylation sites is 1. The zero-order chi connectivity index (χ0) is 19.6. The van der Waals surface area contributed by atoms with Gasteiger partial charge in [0, 0.05) is 44.0 Å². The van der Waals surface area contributed by atoms with Crippen molar-refractivity contribution >= 4 is 17.5 Å². The van der Waals surface area contributed by atoms with Crippen molar-refractivity contribution in [3.63, 3.8) is 0 Å². The fourth-order valence-corrected chi connectivity index (χ4v) is 3.82. The molecular formula is C21H26N4O3. The highest BCUT2D eigenvalue weighted by molar-refractivity contribution is 6.04. The second-order valence-electron chi connectivity index (χ2n) is 7.28. The first kappa shape index (κ1) is 18.8. The standard InChI is InChI=1S/C21H26N4O3/c1-3-16-6-4-5-15(2)18(16)24-19(26)17-13-22-20(23-14-17)25-9-7-21(8-10-25)27-11-12-28-21/h4-6,13-14H,3,7-12H2,1-2H3,(H,24,26). The van der Waals surface area contributed by atoms with E-state index in [0.717, 1.165) is 49.2 Å². The molecule has 4 rings (SSSR count). The van der Waals surface area contributed by atoms with Crippen molar-refractivity contribution in [3.05, 3.63) is 47.3 Å². The van der Waals surface area contributed by atoms with Crippen LogP contribution in [0.1, 0.15) is 41.3 Å². The van der Waals surface area contributed by atoms with Crippen LogP contribution in [0.15, 0.2) is 30.6 Å². The molecule has 2 saturated heterocycles. The highest BCUT2D eigenvalue weighted by atomic mass is 16.7. The average Bonchev–Trinajstić information content (AvgIpc) is 3.18. The maximum absolute atomic E-state index is 12.7. The summed E-state index contributed by atoms with van der Waals surface area (Å²) in [6.07, 6.45) is 5.64. The first-order valence-electron chi connectivity index (χ1n) is 9.85. The molecule has 0 aliphatic carbocycles. The molecule has 2 aliphatic rings. The Labute approximate surface area is 165 Å². The summed E-state index contributed by atoms with van der Waals surface area (Å²) in [5, 5.41) is 3.01. The fraction of sp³-hybridized carbons (Fsp3) is 0.476. The van der Waals surface area contributed by atoms with Gasteiger partial charge in [-0.2, -0.15) is 0 Å². The number of aromatic nitrogens is 2. The van der Waals surface area contributed by atoms with Crippen molar-refractivity contribution in [1.82, 2.24) is 9.97 Å². The number of carbonyl (C=O) groups excluding carboxylic acids is 1. The van der Waals surface area contributed by atoms with Crippen LogP contribution in [0.5, 0.6) is 0 Å². The Morgan fingerprint density at radius 2 is 1.86 bits per heavy atom. The Kier molecular flexibility index (Phi) is 5.28. The molecule has 1 spiro atoms. The topological polar surface area (TPSA) is 76.6 Å². The summed E-state index contributed by atoms with van der Waals surface area (Å²) >= 11 is 0. The van der Waals surface area contributed by atoms with Crippen molar-refractivity contribution in [2.24, 2.45) is 0 Å². The maximum Gasteiger partial charge on any atom is 0.258 e. The van der Waals surface area contributed by atoms with E-state index in [-0.39, 0.29) is 5.91 Å². The van der Waals surface area contributed by atoms with Gasteiger partial charge < -0.3 is 19.7 Å². The molecule has 1 N–H and O–H groups in total. The molecule has 2 aromatic rings. The van der Waals surface area contributed by atoms with Gasteiger partial charge in [0.1, 0.15) is 0 Å². The number of nitrogens with one attached hydrogen (secondary N) is 1. The van der Waals surface area contributed by atoms with Gasteiger partial charge >= 0.3 is 0 Å². The van der Waals surface area contributed by atoms with Crippen molar-refractivity contribution in [2.45, 2.75) is 38.9 Å². The van der Waals surface area contributed by atoms with E-state index in [1.54, 1.807) is 12.4 Å². The Bertz CT molecular complexity index is 837. The van der Waals surface area contributed by atoms with Gasteiger partial charge in [-0.15, -0.1) is 0 Å². The first-order chi connectivity index (χ1) is 13.6. The van der Waals surface area contributed by atoms with Crippen molar-refractivity contribution in [1.29, 1.82) is 0 Å². The third kappa shape index (κ3) is 3.72. The van der Waals surface area contributed by atoms with Gasteiger partial charge in [-0.05, 0) is 24.5 Å². The molecule has 1 aromatic carbocycles. The SMILES string of the molecule is CCc1cccc(C)c1NC(=O)c1cnc(N2CCC3(CC2)OCCO3)nc1. The third-order valence-corrected chi connectivity index (χ3v) is 5.50. The minimum atomic E-state index is -0.416. The highest BCUT2D eigenvalue weighted by Gasteiger charge is 2.40. The summed E-state index contributed by atoms with van der Waals surface area (Å²) in [5.74, 6) is 0.0244. The molecule has 7 heteroatoms. The maximum atomic E-state index is 12.7. The van der Waals surface area contributed by atoms with Crippen LogP contribution in [0.4, 0.5) is 11.6 Å². The molecule has 3 heterocycles. The molecule has 0 unspecified atom stereocenters. The van der Waals surface area contributed by atoms with Gasteiger partial charge in [-0.1, -0.05) is 25.1 Å². The summed E-state index contributed by atoms with van der Waals surface area (Å²) in [6.45, 7) is 6.95. The van der Waals surface area contributed by atoms with Gasteiger partial charge in [0.25, 0.3) is 5.91 Å². The Morgan fingerprint density at radius 1 is 1.18 bits per heavy atom. The van der Waals surface area contributed by atoms with E-state index >= 15 is 0 Å². The molecule has 0 radical (unpaired) electrons. The van der Waals surface area contributed by atoms with Crippen molar-refractivity contribution in [2.75, 3.05) is 36.5 Å². The number of rotatable bonds is 4. The zero-order valence-corrected chi connectivity index (χ0v) is 16.4. The minimum Gasteiger partial charge on any atom is -0.347 e. The molecular weight excluding hydrogens is 356 g/mol. The molecule has 7 nitrogen and oxygen atoms in total. The normalized spacial score (nSPS) is 18.4. The second kappa shape index (κ2) is 7.85. The predicted molar refractivity (Wildman–Crippen MR) is 107 cm³/mol. The monoisotopic (exact) mass is 382 g/mol. The predicted octanol–water partition coefficient (Wildman–Crippen LogP) is 2.94. The van der Waals surface area contributed by atoms with E-state index in [4.69, 9.17) is 9.47 Å². The van der Waals surface area contributed by atoms with E-state index < -0.39 is 5.79 Å². The zero-order valence-electron chi connectivity index (χ0n) is 16.4. The molecule has 0 atom stereocenters. The van der Waals surface area contributed by atoms with Gasteiger partial charge in [-0.3, -0.25) is 4.79 Å². The Hall–Kier alpha value is -2.51. The lowest BCUT2D eigenvalue weighted by Crippen LogP contribution is -2.45. The molecule has 2 aliphatic heterocycles. The largest absolute Gasteiger partial charge is 0.347 e. The summed E-state index contributed by atoms with van der Waals surface area (Å²) in [7, 11) is 0. The summed E-state index contributed by atoms with van der Waals surface area (Å²) in [4.78, 5) is 23.6. The average molecular weight is 382 g/mol. The number of carbonyl (C=O) groups is 1. The minimum absolute atomic E-state index is 0.194. The van der Waals surface area contributed by atoms with E-state index in [1.807, 2.05) is 25.1 Å². The highest BCUT2D eigenvalue weighted by Crippen LogP contribution is 2.32. The van der Waals surface area contributed by atoms with Crippen LogP contribution in [0.3, 0.4) is 0 Å². The molecule has 28 heavy (non-hydrogen) atoms. The smallest absolute Gasteiger partial charge is 0.258 e. The second-order valence-corrected chi connectivity index (χ2v) is 7.28. The lowest BCUT2D eigenvalue weighted by molar-refractivity contribution is -0.169. The summed E-state index contributed by atoms with van der Waals surface area (Å²) < 4.78 is 11.5. The molecule has 1 aromatic heterocycles. The number of piperidine rings is 1. The van der Waals surface area contributed by atoms with E-state index in [2.05, 4.69) is 27.1 Å².